The van der Waals surface area contributed by atoms with E-state index < -0.39 is 0 Å². The van der Waals surface area contributed by atoms with Crippen LogP contribution in [0.1, 0.15) is 6.92 Å². The minimum Gasteiger partial charge on any atom is -0.463 e. The summed E-state index contributed by atoms with van der Waals surface area (Å²) >= 11 is 4.30. The molecule has 4 heteroatoms. The van der Waals surface area contributed by atoms with E-state index in [0.29, 0.717) is 6.61 Å². The van der Waals surface area contributed by atoms with Gasteiger partial charge in [-0.3, -0.25) is 0 Å². The predicted octanol–water partition coefficient (Wildman–Crippen LogP) is 2.30. The molecule has 0 aromatic carbocycles. The van der Waals surface area contributed by atoms with E-state index in [4.69, 9.17) is 4.74 Å². The van der Waals surface area contributed by atoms with Crippen LogP contribution in [-0.4, -0.2) is 17.0 Å². The SMILES string of the molecule is CCOC(=O)/C=C(\I)CI. The van der Waals surface area contributed by atoms with Gasteiger partial charge in [-0.1, -0.05) is 22.6 Å². The van der Waals surface area contributed by atoms with E-state index in [-0.39, 0.29) is 5.97 Å². The van der Waals surface area contributed by atoms with Crippen LogP contribution in [0.3, 0.4) is 0 Å². The Balaban J connectivity index is 3.75. The van der Waals surface area contributed by atoms with Gasteiger partial charge in [0.2, 0.25) is 0 Å². The zero-order chi connectivity index (χ0) is 7.98. The van der Waals surface area contributed by atoms with Gasteiger partial charge in [0, 0.05) is 14.1 Å². The van der Waals surface area contributed by atoms with Gasteiger partial charge in [-0.15, -0.1) is 0 Å². The van der Waals surface area contributed by atoms with Gasteiger partial charge in [0.1, 0.15) is 0 Å². The van der Waals surface area contributed by atoms with Crippen LogP contribution in [0.4, 0.5) is 0 Å². The summed E-state index contributed by atoms with van der Waals surface area (Å²) in [6.07, 6.45) is 1.51. The predicted molar refractivity (Wildman–Crippen MR) is 57.6 cm³/mol. The van der Waals surface area contributed by atoms with Gasteiger partial charge in [0.25, 0.3) is 0 Å². The fourth-order valence-electron chi connectivity index (χ4n) is 0.350. The van der Waals surface area contributed by atoms with Crippen LogP contribution in [0.5, 0.6) is 0 Å². The molecule has 0 aromatic heterocycles. The number of allylic oxidation sites excluding steroid dienone is 1. The van der Waals surface area contributed by atoms with Gasteiger partial charge >= 0.3 is 5.97 Å². The molecule has 0 fully saturated rings. The first kappa shape index (κ1) is 10.7. The molecule has 0 N–H and O–H groups in total. The Bertz CT molecular complexity index is 143. The van der Waals surface area contributed by atoms with Crippen LogP contribution in [0.15, 0.2) is 9.66 Å². The van der Waals surface area contributed by atoms with Crippen molar-refractivity contribution in [1.29, 1.82) is 0 Å². The monoisotopic (exact) mass is 366 g/mol. The number of hydrogen-bond acceptors (Lipinski definition) is 2. The molecule has 0 amide bonds. The van der Waals surface area contributed by atoms with Gasteiger partial charge in [-0.2, -0.15) is 0 Å². The molecule has 0 bridgehead atoms. The van der Waals surface area contributed by atoms with E-state index >= 15 is 0 Å². The normalized spacial score (nSPS) is 11.3. The van der Waals surface area contributed by atoms with Crippen molar-refractivity contribution in [2.24, 2.45) is 0 Å². The van der Waals surface area contributed by atoms with Crippen molar-refractivity contribution in [3.8, 4) is 0 Å². The van der Waals surface area contributed by atoms with Gasteiger partial charge in [-0.25, -0.2) is 4.79 Å². The maximum absolute atomic E-state index is 10.7. The number of rotatable bonds is 3. The van der Waals surface area contributed by atoms with Crippen LogP contribution in [0, 0.1) is 0 Å². The maximum Gasteiger partial charge on any atom is 0.331 e. The van der Waals surface area contributed by atoms with E-state index in [0.717, 1.165) is 8.01 Å². The molecule has 0 spiro atoms. The number of ether oxygens (including phenoxy) is 1. The van der Waals surface area contributed by atoms with E-state index in [1.54, 1.807) is 6.92 Å². The van der Waals surface area contributed by atoms with Gasteiger partial charge in [0.05, 0.1) is 6.61 Å². The second-order valence-electron chi connectivity index (χ2n) is 1.48. The highest BCUT2D eigenvalue weighted by Gasteiger charge is 1.96. The minimum absolute atomic E-state index is 0.247. The molecule has 0 aliphatic heterocycles. The van der Waals surface area contributed by atoms with Crippen LogP contribution in [0.25, 0.3) is 0 Å². The topological polar surface area (TPSA) is 26.3 Å². The average molecular weight is 366 g/mol. The van der Waals surface area contributed by atoms with Crippen LogP contribution < -0.4 is 0 Å². The molecule has 0 aliphatic rings. The quantitative estimate of drug-likeness (QED) is 0.332. The van der Waals surface area contributed by atoms with Crippen LogP contribution >= 0.6 is 45.2 Å². The van der Waals surface area contributed by atoms with Crippen LogP contribution in [0.2, 0.25) is 0 Å². The Morgan fingerprint density at radius 3 is 2.70 bits per heavy atom. The van der Waals surface area contributed by atoms with E-state index in [1.807, 2.05) is 0 Å². The van der Waals surface area contributed by atoms with Gasteiger partial charge < -0.3 is 4.74 Å². The molecule has 0 rings (SSSR count). The van der Waals surface area contributed by atoms with Crippen molar-refractivity contribution in [3.63, 3.8) is 0 Å². The molecule has 58 valence electrons. The fourth-order valence-corrected chi connectivity index (χ4v) is 0.825. The van der Waals surface area contributed by atoms with Gasteiger partial charge in [0.15, 0.2) is 0 Å². The van der Waals surface area contributed by atoms with E-state index in [2.05, 4.69) is 45.2 Å². The summed E-state index contributed by atoms with van der Waals surface area (Å²) in [7, 11) is 0. The highest BCUT2D eigenvalue weighted by Crippen LogP contribution is 2.08. The first-order chi connectivity index (χ1) is 4.70. The van der Waals surface area contributed by atoms with Crippen molar-refractivity contribution in [2.75, 3.05) is 11.0 Å². The first-order valence-electron chi connectivity index (χ1n) is 2.79. The van der Waals surface area contributed by atoms with E-state index in [1.165, 1.54) is 6.08 Å². The number of carbonyl (C=O) groups is 1. The standard InChI is InChI=1S/C6H8I2O2/c1-2-10-6(9)3-5(8)4-7/h3H,2,4H2,1H3/b5-3-. The largest absolute Gasteiger partial charge is 0.463 e. The lowest BCUT2D eigenvalue weighted by Gasteiger charge is -1.95. The third kappa shape index (κ3) is 5.45. The molecule has 0 heterocycles. The highest BCUT2D eigenvalue weighted by atomic mass is 127. The highest BCUT2D eigenvalue weighted by molar-refractivity contribution is 14.1. The number of hydrogen-bond donors (Lipinski definition) is 0. The van der Waals surface area contributed by atoms with Crippen molar-refractivity contribution in [3.05, 3.63) is 9.66 Å². The van der Waals surface area contributed by atoms with Gasteiger partial charge in [-0.05, 0) is 29.5 Å². The molecule has 0 unspecified atom stereocenters. The fraction of sp³-hybridized carbons (Fsp3) is 0.500. The molecular formula is C6H8I2O2. The van der Waals surface area contributed by atoms with Crippen molar-refractivity contribution < 1.29 is 9.53 Å². The summed E-state index contributed by atoms with van der Waals surface area (Å²) in [5.74, 6) is -0.247. The maximum atomic E-state index is 10.7. The zero-order valence-corrected chi connectivity index (χ0v) is 9.88. The van der Waals surface area contributed by atoms with E-state index in [9.17, 15) is 4.79 Å². The molecule has 0 saturated heterocycles. The first-order valence-corrected chi connectivity index (χ1v) is 5.40. The summed E-state index contributed by atoms with van der Waals surface area (Å²) in [5, 5.41) is 0. The Morgan fingerprint density at radius 2 is 2.30 bits per heavy atom. The lowest BCUT2D eigenvalue weighted by molar-refractivity contribution is -0.137. The number of carbonyl (C=O) groups excluding carboxylic acids is 1. The molecule has 0 atom stereocenters. The third-order valence-electron chi connectivity index (χ3n) is 0.689. The lowest BCUT2D eigenvalue weighted by Crippen LogP contribution is -1.99. The molecular weight excluding hydrogens is 358 g/mol. The summed E-state index contributed by atoms with van der Waals surface area (Å²) < 4.78 is 6.56. The smallest absolute Gasteiger partial charge is 0.331 e. The summed E-state index contributed by atoms with van der Waals surface area (Å²) in [4.78, 5) is 10.7. The molecule has 0 aliphatic carbocycles. The lowest BCUT2D eigenvalue weighted by atomic mass is 10.5. The molecule has 10 heavy (non-hydrogen) atoms. The summed E-state index contributed by atoms with van der Waals surface area (Å²) in [6, 6.07) is 0. The molecule has 0 aromatic rings. The molecule has 0 saturated carbocycles. The molecule has 2 nitrogen and oxygen atoms in total. The summed E-state index contributed by atoms with van der Waals surface area (Å²) in [6.45, 7) is 2.24. The van der Waals surface area contributed by atoms with Crippen molar-refractivity contribution in [2.45, 2.75) is 6.92 Å². The third-order valence-corrected chi connectivity index (χ3v) is 3.66. The van der Waals surface area contributed by atoms with Crippen molar-refractivity contribution >= 4 is 51.2 Å². The Hall–Kier alpha value is 0.670. The minimum atomic E-state index is -0.247. The van der Waals surface area contributed by atoms with Crippen LogP contribution in [-0.2, 0) is 9.53 Å². The Morgan fingerprint density at radius 1 is 1.70 bits per heavy atom. The number of halogens is 2. The second-order valence-corrected chi connectivity index (χ2v) is 3.63. The summed E-state index contributed by atoms with van der Waals surface area (Å²) in [5.41, 5.74) is 0. The zero-order valence-electron chi connectivity index (χ0n) is 5.56. The van der Waals surface area contributed by atoms with Crippen molar-refractivity contribution in [1.82, 2.24) is 0 Å². The molecule has 0 radical (unpaired) electrons. The average Bonchev–Trinajstić information content (AvgIpc) is 1.88. The second kappa shape index (κ2) is 6.38. The number of alkyl halides is 1. The number of esters is 1. The Kier molecular flexibility index (Phi) is 6.81. The Labute approximate surface area is 87.7 Å².